The summed E-state index contributed by atoms with van der Waals surface area (Å²) in [5.74, 6) is 1.14. The van der Waals surface area contributed by atoms with Crippen molar-refractivity contribution in [3.05, 3.63) is 17.6 Å². The molecule has 0 unspecified atom stereocenters. The van der Waals surface area contributed by atoms with Crippen LogP contribution in [0, 0.1) is 0 Å². The quantitative estimate of drug-likeness (QED) is 0.827. The van der Waals surface area contributed by atoms with E-state index in [-0.39, 0.29) is 0 Å². The Hall–Kier alpha value is -1.16. The van der Waals surface area contributed by atoms with Crippen LogP contribution < -0.4 is 10.2 Å². The fourth-order valence-corrected chi connectivity index (χ4v) is 2.50. The summed E-state index contributed by atoms with van der Waals surface area (Å²) in [6.45, 7) is 2.08. The largest absolute Gasteiger partial charge is 0.358 e. The van der Waals surface area contributed by atoms with Crippen molar-refractivity contribution in [2.75, 3.05) is 25.0 Å². The molecular formula is C13H20N4. The topological polar surface area (TPSA) is 41.0 Å². The normalized spacial score (nSPS) is 18.2. The lowest BCUT2D eigenvalue weighted by Gasteiger charge is -2.20. The van der Waals surface area contributed by atoms with Crippen molar-refractivity contribution in [3.63, 3.8) is 0 Å². The number of hydrogen-bond acceptors (Lipinski definition) is 4. The van der Waals surface area contributed by atoms with Gasteiger partial charge in [0.1, 0.15) is 12.1 Å². The van der Waals surface area contributed by atoms with E-state index in [1.54, 1.807) is 6.33 Å². The molecule has 0 atom stereocenters. The molecule has 0 bridgehead atoms. The van der Waals surface area contributed by atoms with Crippen molar-refractivity contribution in [2.45, 2.75) is 38.1 Å². The molecule has 1 heterocycles. The molecule has 0 aliphatic heterocycles. The number of rotatable bonds is 5. The molecule has 0 aromatic carbocycles. The van der Waals surface area contributed by atoms with E-state index in [9.17, 15) is 0 Å². The number of aryl methyl sites for hydroxylation is 1. The van der Waals surface area contributed by atoms with E-state index in [4.69, 9.17) is 0 Å². The predicted molar refractivity (Wildman–Crippen MR) is 68.4 cm³/mol. The highest BCUT2D eigenvalue weighted by Crippen LogP contribution is 2.27. The van der Waals surface area contributed by atoms with E-state index in [0.29, 0.717) is 0 Å². The first-order valence-corrected chi connectivity index (χ1v) is 6.62. The monoisotopic (exact) mass is 232 g/mol. The van der Waals surface area contributed by atoms with Gasteiger partial charge in [0, 0.05) is 37.4 Å². The van der Waals surface area contributed by atoms with Gasteiger partial charge in [-0.25, -0.2) is 9.97 Å². The lowest BCUT2D eigenvalue weighted by Crippen LogP contribution is -2.31. The van der Waals surface area contributed by atoms with Crippen LogP contribution in [0.25, 0.3) is 0 Å². The SMILES string of the molecule is CN(CCNC1CC1)c1ncnc2c1CCC2. The molecule has 1 aromatic rings. The number of anilines is 1. The molecule has 4 nitrogen and oxygen atoms in total. The molecule has 0 saturated heterocycles. The number of nitrogens with one attached hydrogen (secondary N) is 1. The molecule has 2 aliphatic rings. The smallest absolute Gasteiger partial charge is 0.135 e. The summed E-state index contributed by atoms with van der Waals surface area (Å²) < 4.78 is 0. The first-order valence-electron chi connectivity index (χ1n) is 6.62. The van der Waals surface area contributed by atoms with Crippen molar-refractivity contribution in [3.8, 4) is 0 Å². The van der Waals surface area contributed by atoms with E-state index in [1.807, 2.05) is 0 Å². The van der Waals surface area contributed by atoms with Crippen LogP contribution in [0.5, 0.6) is 0 Å². The fraction of sp³-hybridized carbons (Fsp3) is 0.692. The molecule has 3 rings (SSSR count). The Balaban J connectivity index is 1.63. The third-order valence-corrected chi connectivity index (χ3v) is 3.67. The van der Waals surface area contributed by atoms with E-state index < -0.39 is 0 Å². The minimum Gasteiger partial charge on any atom is -0.358 e. The van der Waals surface area contributed by atoms with Crippen molar-refractivity contribution in [1.82, 2.24) is 15.3 Å². The molecule has 1 N–H and O–H groups in total. The molecule has 1 aromatic heterocycles. The molecule has 0 amide bonds. The molecule has 1 saturated carbocycles. The van der Waals surface area contributed by atoms with Gasteiger partial charge in [0.25, 0.3) is 0 Å². The highest BCUT2D eigenvalue weighted by molar-refractivity contribution is 5.49. The van der Waals surface area contributed by atoms with Gasteiger partial charge in [-0.05, 0) is 32.1 Å². The van der Waals surface area contributed by atoms with Gasteiger partial charge in [0.2, 0.25) is 0 Å². The Morgan fingerprint density at radius 1 is 1.35 bits per heavy atom. The third-order valence-electron chi connectivity index (χ3n) is 3.67. The Morgan fingerprint density at radius 3 is 3.06 bits per heavy atom. The van der Waals surface area contributed by atoms with Gasteiger partial charge in [-0.2, -0.15) is 0 Å². The maximum Gasteiger partial charge on any atom is 0.135 e. The number of aromatic nitrogens is 2. The zero-order valence-electron chi connectivity index (χ0n) is 10.4. The van der Waals surface area contributed by atoms with Gasteiger partial charge >= 0.3 is 0 Å². The molecular weight excluding hydrogens is 212 g/mol. The number of fused-ring (bicyclic) bond motifs is 1. The predicted octanol–water partition coefficient (Wildman–Crippen LogP) is 1.15. The Labute approximate surface area is 102 Å². The maximum atomic E-state index is 4.45. The number of nitrogens with zero attached hydrogens (tertiary/aromatic N) is 3. The van der Waals surface area contributed by atoms with Gasteiger partial charge in [-0.1, -0.05) is 0 Å². The second kappa shape index (κ2) is 4.61. The highest BCUT2D eigenvalue weighted by atomic mass is 15.2. The van der Waals surface area contributed by atoms with Crippen LogP contribution in [0.4, 0.5) is 5.82 Å². The van der Waals surface area contributed by atoms with Crippen molar-refractivity contribution in [2.24, 2.45) is 0 Å². The second-order valence-corrected chi connectivity index (χ2v) is 5.13. The lowest BCUT2D eigenvalue weighted by molar-refractivity contribution is 0.671. The van der Waals surface area contributed by atoms with E-state index in [0.717, 1.165) is 37.8 Å². The summed E-state index contributed by atoms with van der Waals surface area (Å²) in [5, 5.41) is 3.54. The van der Waals surface area contributed by atoms with Gasteiger partial charge in [0.15, 0.2) is 0 Å². The molecule has 4 heteroatoms. The Kier molecular flexibility index (Phi) is 2.97. The Bertz CT molecular complexity index is 400. The van der Waals surface area contributed by atoms with E-state index in [1.165, 1.54) is 30.5 Å². The van der Waals surface area contributed by atoms with Gasteiger partial charge in [-0.15, -0.1) is 0 Å². The van der Waals surface area contributed by atoms with Crippen LogP contribution in [-0.4, -0.2) is 36.1 Å². The van der Waals surface area contributed by atoms with Crippen molar-refractivity contribution < 1.29 is 0 Å². The molecule has 0 radical (unpaired) electrons. The average Bonchev–Trinajstić information content (AvgIpc) is 3.04. The summed E-state index contributed by atoms with van der Waals surface area (Å²) in [4.78, 5) is 11.1. The van der Waals surface area contributed by atoms with Gasteiger partial charge < -0.3 is 10.2 Å². The number of hydrogen-bond donors (Lipinski definition) is 1. The number of likely N-dealkylation sites (N-methyl/N-ethyl adjacent to an activating group) is 1. The van der Waals surface area contributed by atoms with Gasteiger partial charge in [0.05, 0.1) is 0 Å². The van der Waals surface area contributed by atoms with Crippen LogP contribution in [0.2, 0.25) is 0 Å². The highest BCUT2D eigenvalue weighted by Gasteiger charge is 2.21. The zero-order valence-corrected chi connectivity index (χ0v) is 10.4. The van der Waals surface area contributed by atoms with E-state index in [2.05, 4.69) is 27.2 Å². The van der Waals surface area contributed by atoms with Crippen LogP contribution >= 0.6 is 0 Å². The second-order valence-electron chi connectivity index (χ2n) is 5.13. The molecule has 17 heavy (non-hydrogen) atoms. The van der Waals surface area contributed by atoms with E-state index >= 15 is 0 Å². The maximum absolute atomic E-state index is 4.45. The molecule has 1 fully saturated rings. The average molecular weight is 232 g/mol. The molecule has 2 aliphatic carbocycles. The third kappa shape index (κ3) is 2.41. The minimum absolute atomic E-state index is 0.791. The zero-order chi connectivity index (χ0) is 11.7. The van der Waals surface area contributed by atoms with Gasteiger partial charge in [-0.3, -0.25) is 0 Å². The first kappa shape index (κ1) is 11.0. The summed E-state index contributed by atoms with van der Waals surface area (Å²) in [7, 11) is 2.13. The fourth-order valence-electron chi connectivity index (χ4n) is 2.50. The summed E-state index contributed by atoms with van der Waals surface area (Å²) in [5.41, 5.74) is 2.64. The van der Waals surface area contributed by atoms with Crippen LogP contribution in [0.3, 0.4) is 0 Å². The minimum atomic E-state index is 0.791. The van der Waals surface area contributed by atoms with Crippen molar-refractivity contribution >= 4 is 5.82 Å². The van der Waals surface area contributed by atoms with Crippen LogP contribution in [0.15, 0.2) is 6.33 Å². The first-order chi connectivity index (χ1) is 8.34. The summed E-state index contributed by atoms with van der Waals surface area (Å²) >= 11 is 0. The van der Waals surface area contributed by atoms with Crippen LogP contribution in [0.1, 0.15) is 30.5 Å². The molecule has 92 valence electrons. The Morgan fingerprint density at radius 2 is 2.24 bits per heavy atom. The lowest BCUT2D eigenvalue weighted by atomic mass is 10.2. The van der Waals surface area contributed by atoms with Crippen LogP contribution in [-0.2, 0) is 12.8 Å². The molecule has 0 spiro atoms. The standard InChI is InChI=1S/C13H20N4/c1-17(8-7-14-10-5-6-10)13-11-3-2-4-12(11)15-9-16-13/h9-10,14H,2-8H2,1H3. The summed E-state index contributed by atoms with van der Waals surface area (Å²) in [6, 6.07) is 0.791. The summed E-state index contributed by atoms with van der Waals surface area (Å²) in [6.07, 6.45) is 7.92. The van der Waals surface area contributed by atoms with Crippen molar-refractivity contribution in [1.29, 1.82) is 0 Å².